The largest absolute Gasteiger partial charge is 0.496 e. The van der Waals surface area contributed by atoms with Crippen LogP contribution in [0.5, 0.6) is 5.75 Å². The molecule has 5 nitrogen and oxygen atoms in total. The lowest BCUT2D eigenvalue weighted by Crippen LogP contribution is -2.19. The summed E-state index contributed by atoms with van der Waals surface area (Å²) in [5.74, 6) is 0.177. The van der Waals surface area contributed by atoms with E-state index in [0.29, 0.717) is 11.3 Å². The van der Waals surface area contributed by atoms with Crippen molar-refractivity contribution in [3.05, 3.63) is 69.0 Å². The molecular formula is C27H32N2O3S2. The average molecular weight is 497 g/mol. The van der Waals surface area contributed by atoms with Gasteiger partial charge in [0.1, 0.15) is 5.75 Å². The first-order valence-corrected chi connectivity index (χ1v) is 13.2. The molecule has 0 aliphatic rings. The van der Waals surface area contributed by atoms with Gasteiger partial charge in [0.05, 0.1) is 22.7 Å². The quantitative estimate of drug-likeness (QED) is 0.209. The van der Waals surface area contributed by atoms with Gasteiger partial charge in [-0.05, 0) is 72.9 Å². The van der Waals surface area contributed by atoms with E-state index in [2.05, 4.69) is 43.5 Å². The molecular weight excluding hydrogens is 464 g/mol. The van der Waals surface area contributed by atoms with Crippen LogP contribution in [0.15, 0.2) is 41.8 Å². The number of nitrogens with one attached hydrogen (secondary N) is 1. The molecule has 2 aromatic carbocycles. The van der Waals surface area contributed by atoms with E-state index in [1.807, 2.05) is 25.2 Å². The summed E-state index contributed by atoms with van der Waals surface area (Å²) in [6.07, 6.45) is 3.94. The number of benzene rings is 2. The Morgan fingerprint density at radius 2 is 1.91 bits per heavy atom. The highest BCUT2D eigenvalue weighted by Crippen LogP contribution is 2.38. The predicted octanol–water partition coefficient (Wildman–Crippen LogP) is 7.22. The zero-order chi connectivity index (χ0) is 24.7. The zero-order valence-electron chi connectivity index (χ0n) is 20.4. The minimum atomic E-state index is -0.518. The number of ether oxygens (including phenoxy) is 1. The molecule has 1 amide bonds. The Bertz CT molecular complexity index is 1230. The van der Waals surface area contributed by atoms with E-state index in [4.69, 9.17) is 14.9 Å². The maximum Gasteiger partial charge on any atom is 0.274 e. The number of hydrogen-bond donors (Lipinski definition) is 2. The molecule has 2 heterocycles. The van der Waals surface area contributed by atoms with Gasteiger partial charge in [0.15, 0.2) is 0 Å². The standard InChI is InChI=1S/C15H15NS2.C12H17NO3/c1-3-6-14-16-12(9-17-14)15-10(2)11-7-4-5-8-13(11)18-15;1-4-8-6-9(12(14)13-15)7-11(16-3)10(8)5-2/h4-5,7-9H,3,6H2,1-2H3;6-7,15H,4-5H2,1-3H3,(H,13,14). The number of carbonyl (C=O) groups excluding carboxylic acids is 1. The van der Waals surface area contributed by atoms with Crippen LogP contribution in [-0.4, -0.2) is 23.2 Å². The summed E-state index contributed by atoms with van der Waals surface area (Å²) in [4.78, 5) is 17.4. The Kier molecular flexibility index (Phi) is 9.21. The molecule has 0 spiro atoms. The SMILES string of the molecule is CCCc1nc(-c2sc3ccccc3c2C)cs1.CCc1cc(C(=O)NO)cc(OC)c1CC. The van der Waals surface area contributed by atoms with Crippen molar-refractivity contribution in [1.82, 2.24) is 10.5 Å². The number of thiazole rings is 1. The molecule has 0 unspecified atom stereocenters. The second-order valence-electron chi connectivity index (χ2n) is 7.89. The first-order chi connectivity index (χ1) is 16.5. The van der Waals surface area contributed by atoms with Gasteiger partial charge in [-0.15, -0.1) is 22.7 Å². The molecule has 4 aromatic rings. The van der Waals surface area contributed by atoms with Crippen LogP contribution in [0.25, 0.3) is 20.7 Å². The van der Waals surface area contributed by atoms with Crippen LogP contribution in [0.2, 0.25) is 0 Å². The zero-order valence-corrected chi connectivity index (χ0v) is 22.0. The first kappa shape index (κ1) is 25.9. The van der Waals surface area contributed by atoms with Gasteiger partial charge in [-0.25, -0.2) is 10.5 Å². The smallest absolute Gasteiger partial charge is 0.274 e. The van der Waals surface area contributed by atoms with Crippen LogP contribution in [-0.2, 0) is 19.3 Å². The van der Waals surface area contributed by atoms with Crippen molar-refractivity contribution in [2.75, 3.05) is 7.11 Å². The van der Waals surface area contributed by atoms with Crippen molar-refractivity contribution in [2.24, 2.45) is 0 Å². The number of aromatic nitrogens is 1. The number of nitrogens with zero attached hydrogens (tertiary/aromatic N) is 1. The number of hydroxylamine groups is 1. The summed E-state index contributed by atoms with van der Waals surface area (Å²) in [6, 6.07) is 12.0. The lowest BCUT2D eigenvalue weighted by Gasteiger charge is -2.13. The molecule has 0 radical (unpaired) electrons. The fourth-order valence-electron chi connectivity index (χ4n) is 3.96. The van der Waals surface area contributed by atoms with Crippen LogP contribution >= 0.6 is 22.7 Å². The Morgan fingerprint density at radius 1 is 1.15 bits per heavy atom. The second-order valence-corrected chi connectivity index (χ2v) is 9.89. The number of methoxy groups -OCH3 is 1. The van der Waals surface area contributed by atoms with Crippen LogP contribution in [0.1, 0.15) is 59.2 Å². The Labute approximate surface area is 209 Å². The average Bonchev–Trinajstić information content (AvgIpc) is 3.47. The lowest BCUT2D eigenvalue weighted by atomic mass is 9.98. The van der Waals surface area contributed by atoms with Gasteiger partial charge in [-0.1, -0.05) is 39.0 Å². The highest BCUT2D eigenvalue weighted by atomic mass is 32.1. The number of fused-ring (bicyclic) bond motifs is 1. The van der Waals surface area contributed by atoms with Crippen molar-refractivity contribution >= 4 is 38.7 Å². The van der Waals surface area contributed by atoms with Crippen LogP contribution in [0.4, 0.5) is 0 Å². The molecule has 0 atom stereocenters. The minimum absolute atomic E-state index is 0.411. The Morgan fingerprint density at radius 3 is 2.53 bits per heavy atom. The van der Waals surface area contributed by atoms with E-state index in [1.54, 1.807) is 36.1 Å². The molecule has 2 aromatic heterocycles. The molecule has 2 N–H and O–H groups in total. The third kappa shape index (κ3) is 5.66. The van der Waals surface area contributed by atoms with Gasteiger partial charge in [0.2, 0.25) is 0 Å². The maximum atomic E-state index is 11.3. The molecule has 34 heavy (non-hydrogen) atoms. The monoisotopic (exact) mass is 496 g/mol. The van der Waals surface area contributed by atoms with Crippen molar-refractivity contribution in [1.29, 1.82) is 0 Å². The highest BCUT2D eigenvalue weighted by molar-refractivity contribution is 7.22. The third-order valence-corrected chi connectivity index (χ3v) is 7.92. The van der Waals surface area contributed by atoms with Crippen molar-refractivity contribution in [2.45, 2.75) is 53.4 Å². The summed E-state index contributed by atoms with van der Waals surface area (Å²) < 4.78 is 6.61. The third-order valence-electron chi connectivity index (χ3n) is 5.71. The molecule has 7 heteroatoms. The predicted molar refractivity (Wildman–Crippen MR) is 143 cm³/mol. The molecule has 0 aliphatic heterocycles. The fourth-order valence-corrected chi connectivity index (χ4v) is 6.10. The van der Waals surface area contributed by atoms with E-state index in [1.165, 1.54) is 32.0 Å². The fraction of sp³-hybridized carbons (Fsp3) is 0.333. The Balaban J connectivity index is 0.000000192. The summed E-state index contributed by atoms with van der Waals surface area (Å²) in [5.41, 5.74) is 6.74. The topological polar surface area (TPSA) is 71.5 Å². The normalized spacial score (nSPS) is 10.6. The van der Waals surface area contributed by atoms with E-state index in [9.17, 15) is 4.79 Å². The number of hydrogen-bond acceptors (Lipinski definition) is 6. The summed E-state index contributed by atoms with van der Waals surface area (Å²) in [6.45, 7) is 8.47. The van der Waals surface area contributed by atoms with Crippen molar-refractivity contribution in [3.63, 3.8) is 0 Å². The van der Waals surface area contributed by atoms with E-state index in [-0.39, 0.29) is 0 Å². The number of aryl methyl sites for hydroxylation is 3. The summed E-state index contributed by atoms with van der Waals surface area (Å²) >= 11 is 3.64. The first-order valence-electron chi connectivity index (χ1n) is 11.5. The molecule has 0 saturated heterocycles. The van der Waals surface area contributed by atoms with Crippen molar-refractivity contribution < 1.29 is 14.7 Å². The second kappa shape index (κ2) is 12.1. The van der Waals surface area contributed by atoms with Gasteiger partial charge >= 0.3 is 0 Å². The van der Waals surface area contributed by atoms with Gasteiger partial charge < -0.3 is 4.74 Å². The number of carbonyl (C=O) groups is 1. The molecule has 0 bridgehead atoms. The van der Waals surface area contributed by atoms with Crippen LogP contribution in [0, 0.1) is 6.92 Å². The number of rotatable bonds is 7. The molecule has 0 saturated carbocycles. The number of amides is 1. The van der Waals surface area contributed by atoms with Gasteiger partial charge in [0, 0.05) is 15.6 Å². The van der Waals surface area contributed by atoms with Crippen LogP contribution in [0.3, 0.4) is 0 Å². The maximum absolute atomic E-state index is 11.3. The van der Waals surface area contributed by atoms with Crippen molar-refractivity contribution in [3.8, 4) is 16.3 Å². The van der Waals surface area contributed by atoms with Gasteiger partial charge in [-0.3, -0.25) is 10.0 Å². The molecule has 0 fully saturated rings. The van der Waals surface area contributed by atoms with Gasteiger partial charge in [-0.2, -0.15) is 0 Å². The van der Waals surface area contributed by atoms with Gasteiger partial charge in [0.25, 0.3) is 5.91 Å². The number of thiophene rings is 1. The van der Waals surface area contributed by atoms with E-state index < -0.39 is 5.91 Å². The lowest BCUT2D eigenvalue weighted by molar-refractivity contribution is 0.0706. The molecule has 180 valence electrons. The van der Waals surface area contributed by atoms with E-state index in [0.717, 1.165) is 36.1 Å². The van der Waals surface area contributed by atoms with E-state index >= 15 is 0 Å². The molecule has 4 rings (SSSR count). The summed E-state index contributed by atoms with van der Waals surface area (Å²) in [5, 5.41) is 13.4. The minimum Gasteiger partial charge on any atom is -0.496 e. The summed E-state index contributed by atoms with van der Waals surface area (Å²) in [7, 11) is 1.58. The van der Waals surface area contributed by atoms with Crippen LogP contribution < -0.4 is 10.2 Å². The Hall–Kier alpha value is -2.74. The highest BCUT2D eigenvalue weighted by Gasteiger charge is 2.14. The molecule has 0 aliphatic carbocycles.